The number of anilines is 1. The lowest BCUT2D eigenvalue weighted by Crippen LogP contribution is -2.77. The molecule has 8 fully saturated rings. The van der Waals surface area contributed by atoms with Crippen molar-refractivity contribution in [1.29, 1.82) is 0 Å². The second-order valence-corrected chi connectivity index (χ2v) is 19.2. The standard InChI is InChI=1S/C32H31N5O5S4/c1-4-29-25(41)37-22-28(19-11-7-8-12-20(19)33-22,15-31(37,45-43-29)24(40)34(29)2)27-14-30-23(39)35(3)32(16-38,46-44-30)26(42)36(30)21(27)13-17-9-5-6-10-18(17)27/h5-12,21-22,33,38H,4,13-16H2,1-3H3. The molecule has 12 rings (SSSR count). The zero-order chi connectivity index (χ0) is 31.8. The molecule has 10 aliphatic rings. The van der Waals surface area contributed by atoms with Gasteiger partial charge in [0.25, 0.3) is 23.6 Å². The third-order valence-electron chi connectivity index (χ3n) is 12.6. The Morgan fingerprint density at radius 3 is 2.07 bits per heavy atom. The lowest BCUT2D eigenvalue weighted by molar-refractivity contribution is -0.167. The predicted octanol–water partition coefficient (Wildman–Crippen LogP) is 2.92. The van der Waals surface area contributed by atoms with Crippen LogP contribution in [0.3, 0.4) is 0 Å². The lowest BCUT2D eigenvalue weighted by Gasteiger charge is -2.58. The maximum atomic E-state index is 14.9. The number of carbonyl (C=O) groups is 4. The molecule has 1 aliphatic carbocycles. The molecule has 2 aromatic carbocycles. The average Bonchev–Trinajstić information content (AvgIpc) is 3.75. The van der Waals surface area contributed by atoms with Gasteiger partial charge in [-0.25, -0.2) is 0 Å². The van der Waals surface area contributed by atoms with Crippen LogP contribution in [0.4, 0.5) is 5.69 Å². The third-order valence-corrected chi connectivity index (χ3v) is 20.0. The molecule has 8 unspecified atom stereocenters. The fourth-order valence-electron chi connectivity index (χ4n) is 10.6. The predicted molar refractivity (Wildman–Crippen MR) is 178 cm³/mol. The number of aliphatic hydroxyl groups is 1. The SMILES string of the molecule is CCC12SSC3(CC4(C56CC78SSC(CO)(C(=O)N7C5Cc5ccccc56)N(C)C8=O)c5ccccc5NC4N3C1=O)C(=O)N2C. The van der Waals surface area contributed by atoms with E-state index in [4.69, 9.17) is 0 Å². The molecule has 2 spiro atoms. The Kier molecular flexibility index (Phi) is 5.18. The molecule has 46 heavy (non-hydrogen) atoms. The normalized spacial score (nSPS) is 43.9. The number of rotatable bonds is 3. The van der Waals surface area contributed by atoms with E-state index >= 15 is 0 Å². The summed E-state index contributed by atoms with van der Waals surface area (Å²) in [6.45, 7) is 1.47. The molecule has 9 aliphatic heterocycles. The first-order valence-electron chi connectivity index (χ1n) is 15.6. The summed E-state index contributed by atoms with van der Waals surface area (Å²) in [6, 6.07) is 16.0. The van der Waals surface area contributed by atoms with Gasteiger partial charge >= 0.3 is 0 Å². The molecule has 4 bridgehead atoms. The molecule has 14 heteroatoms. The van der Waals surface area contributed by atoms with Crippen LogP contribution in [0.15, 0.2) is 48.5 Å². The molecule has 238 valence electrons. The quantitative estimate of drug-likeness (QED) is 0.466. The summed E-state index contributed by atoms with van der Waals surface area (Å²) in [7, 11) is 9.07. The van der Waals surface area contributed by atoms with Gasteiger partial charge in [-0.1, -0.05) is 81.8 Å². The van der Waals surface area contributed by atoms with Gasteiger partial charge in [0, 0.05) is 44.1 Å². The van der Waals surface area contributed by atoms with Crippen molar-refractivity contribution >= 4 is 72.5 Å². The van der Waals surface area contributed by atoms with E-state index in [9.17, 15) is 24.3 Å². The molecular weight excluding hydrogens is 663 g/mol. The van der Waals surface area contributed by atoms with Crippen LogP contribution in [0.5, 0.6) is 0 Å². The van der Waals surface area contributed by atoms with Crippen LogP contribution in [-0.4, -0.2) is 101 Å². The number of benzene rings is 2. The minimum Gasteiger partial charge on any atom is -0.392 e. The highest BCUT2D eigenvalue weighted by atomic mass is 33.1. The van der Waals surface area contributed by atoms with E-state index in [1.165, 1.54) is 48.1 Å². The number of carbonyl (C=O) groups excluding carboxylic acids is 4. The number of para-hydroxylation sites is 1. The molecule has 9 heterocycles. The number of likely N-dealkylation sites (N-methyl/N-ethyl adjacent to an activating group) is 2. The fourth-order valence-corrected chi connectivity index (χ4v) is 18.1. The number of fused-ring (bicyclic) bond motifs is 11. The summed E-state index contributed by atoms with van der Waals surface area (Å²) < 4.78 is 0. The summed E-state index contributed by atoms with van der Waals surface area (Å²) in [4.78, 5) is 60.9. The zero-order valence-corrected chi connectivity index (χ0v) is 28.6. The maximum absolute atomic E-state index is 14.9. The van der Waals surface area contributed by atoms with Gasteiger partial charge in [0.15, 0.2) is 14.6 Å². The Morgan fingerprint density at radius 2 is 1.35 bits per heavy atom. The van der Waals surface area contributed by atoms with Gasteiger partial charge in [-0.05, 0) is 46.4 Å². The lowest BCUT2D eigenvalue weighted by atomic mass is 9.53. The Hall–Kier alpha value is -2.52. The van der Waals surface area contributed by atoms with Crippen molar-refractivity contribution in [3.8, 4) is 0 Å². The van der Waals surface area contributed by atoms with Gasteiger partial charge in [0.1, 0.15) is 6.17 Å². The second kappa shape index (κ2) is 8.36. The number of amides is 4. The smallest absolute Gasteiger partial charge is 0.264 e. The van der Waals surface area contributed by atoms with Gasteiger partial charge in [-0.15, -0.1) is 0 Å². The maximum Gasteiger partial charge on any atom is 0.264 e. The number of hydrogen-bond donors (Lipinski definition) is 2. The van der Waals surface area contributed by atoms with Gasteiger partial charge < -0.3 is 25.1 Å². The van der Waals surface area contributed by atoms with E-state index in [0.717, 1.165) is 22.4 Å². The average molecular weight is 694 g/mol. The molecule has 0 aromatic heterocycles. The van der Waals surface area contributed by atoms with Crippen LogP contribution in [0.25, 0.3) is 0 Å². The summed E-state index contributed by atoms with van der Waals surface area (Å²) in [5.41, 5.74) is 2.41. The van der Waals surface area contributed by atoms with Gasteiger partial charge in [-0.2, -0.15) is 0 Å². The van der Waals surface area contributed by atoms with Crippen LogP contribution < -0.4 is 5.32 Å². The highest BCUT2D eigenvalue weighted by Crippen LogP contribution is 2.78. The number of nitrogens with one attached hydrogen (secondary N) is 1. The van der Waals surface area contributed by atoms with E-state index in [2.05, 4.69) is 23.5 Å². The fraction of sp³-hybridized carbons (Fsp3) is 0.500. The van der Waals surface area contributed by atoms with Crippen molar-refractivity contribution in [2.45, 2.75) is 75.1 Å². The van der Waals surface area contributed by atoms with Crippen molar-refractivity contribution in [2.24, 2.45) is 0 Å². The van der Waals surface area contributed by atoms with Crippen molar-refractivity contribution in [3.05, 3.63) is 65.2 Å². The van der Waals surface area contributed by atoms with Crippen LogP contribution >= 0.6 is 43.2 Å². The monoisotopic (exact) mass is 693 g/mol. The second-order valence-electron chi connectivity index (χ2n) is 13.8. The van der Waals surface area contributed by atoms with E-state index in [1.807, 2.05) is 47.1 Å². The first-order valence-corrected chi connectivity index (χ1v) is 19.9. The highest BCUT2D eigenvalue weighted by Gasteiger charge is 2.87. The molecule has 10 nitrogen and oxygen atoms in total. The minimum atomic E-state index is -1.41. The van der Waals surface area contributed by atoms with Gasteiger partial charge in [0.05, 0.1) is 12.0 Å². The number of hydrogen-bond acceptors (Lipinski definition) is 10. The molecule has 2 N–H and O–H groups in total. The van der Waals surface area contributed by atoms with Crippen molar-refractivity contribution < 1.29 is 24.3 Å². The van der Waals surface area contributed by atoms with Crippen LogP contribution in [-0.2, 0) is 36.4 Å². The Balaban J connectivity index is 1.29. The minimum absolute atomic E-state index is 0.0712. The van der Waals surface area contributed by atoms with E-state index in [1.54, 1.807) is 19.0 Å². The zero-order valence-electron chi connectivity index (χ0n) is 25.3. The van der Waals surface area contributed by atoms with E-state index in [0.29, 0.717) is 25.7 Å². The largest absolute Gasteiger partial charge is 0.392 e. The summed E-state index contributed by atoms with van der Waals surface area (Å²) in [5.74, 6) is -0.571. The molecule has 0 saturated carbocycles. The van der Waals surface area contributed by atoms with Crippen LogP contribution in [0, 0.1) is 0 Å². The van der Waals surface area contributed by atoms with E-state index < -0.39 is 49.1 Å². The number of nitrogens with zero attached hydrogens (tertiary/aromatic N) is 4. The highest BCUT2D eigenvalue weighted by molar-refractivity contribution is 8.78. The van der Waals surface area contributed by atoms with Gasteiger partial charge in [0.2, 0.25) is 4.87 Å². The Labute approximate surface area is 281 Å². The molecule has 8 atom stereocenters. The van der Waals surface area contributed by atoms with E-state index in [-0.39, 0.29) is 23.6 Å². The van der Waals surface area contributed by atoms with Crippen LogP contribution in [0.2, 0.25) is 0 Å². The van der Waals surface area contributed by atoms with Crippen LogP contribution in [0.1, 0.15) is 42.9 Å². The third kappa shape index (κ3) is 2.51. The summed E-state index contributed by atoms with van der Waals surface area (Å²) in [6.07, 6.45) is 1.12. The molecule has 8 saturated heterocycles. The molecule has 2 aromatic rings. The number of piperazine rings is 2. The Bertz CT molecular complexity index is 1730. The summed E-state index contributed by atoms with van der Waals surface area (Å²) >= 11 is 0. The van der Waals surface area contributed by atoms with Crippen molar-refractivity contribution in [2.75, 3.05) is 26.0 Å². The Morgan fingerprint density at radius 1 is 0.761 bits per heavy atom. The topological polar surface area (TPSA) is 113 Å². The molecule has 0 radical (unpaired) electrons. The van der Waals surface area contributed by atoms with Gasteiger partial charge in [-0.3, -0.25) is 24.1 Å². The number of aliphatic hydroxyl groups excluding tert-OH is 1. The molecule has 4 amide bonds. The molecular formula is C32H31N5O5S4. The van der Waals surface area contributed by atoms with Crippen molar-refractivity contribution in [1.82, 2.24) is 19.6 Å². The summed E-state index contributed by atoms with van der Waals surface area (Å²) in [5, 5.41) is 14.4. The van der Waals surface area contributed by atoms with Crippen molar-refractivity contribution in [3.63, 3.8) is 0 Å². The first kappa shape index (κ1) is 28.5. The first-order chi connectivity index (χ1) is 22.1.